The Kier molecular flexibility index (Phi) is 6.77. The van der Waals surface area contributed by atoms with Crippen LogP contribution in [0.15, 0.2) is 54.7 Å². The van der Waals surface area contributed by atoms with Crippen LogP contribution in [0, 0.1) is 5.82 Å². The molecular formula is C23H23ClFN3OS. The van der Waals surface area contributed by atoms with Gasteiger partial charge < -0.3 is 5.32 Å². The predicted molar refractivity (Wildman–Crippen MR) is 118 cm³/mol. The molecule has 0 saturated carbocycles. The van der Waals surface area contributed by atoms with Crippen LogP contribution in [0.3, 0.4) is 0 Å². The Morgan fingerprint density at radius 2 is 1.83 bits per heavy atom. The first-order chi connectivity index (χ1) is 14.6. The van der Waals surface area contributed by atoms with E-state index in [0.717, 1.165) is 47.9 Å². The van der Waals surface area contributed by atoms with Crippen LogP contribution in [0.4, 0.5) is 4.39 Å². The molecule has 2 aromatic carbocycles. The highest BCUT2D eigenvalue weighted by Gasteiger charge is 2.23. The van der Waals surface area contributed by atoms with Gasteiger partial charge in [0.15, 0.2) is 0 Å². The number of halogens is 2. The second kappa shape index (κ2) is 9.69. The minimum Gasteiger partial charge on any atom is -0.347 e. The number of carbonyl (C=O) groups excluding carboxylic acids is 1. The van der Waals surface area contributed by atoms with Gasteiger partial charge in [-0.1, -0.05) is 23.7 Å². The Morgan fingerprint density at radius 3 is 2.53 bits per heavy atom. The quantitative estimate of drug-likeness (QED) is 0.566. The lowest BCUT2D eigenvalue weighted by molar-refractivity contribution is 0.0951. The molecule has 1 aliphatic heterocycles. The normalized spacial score (nSPS) is 15.3. The topological polar surface area (TPSA) is 45.2 Å². The highest BCUT2D eigenvalue weighted by molar-refractivity contribution is 7.11. The van der Waals surface area contributed by atoms with Gasteiger partial charge in [-0.2, -0.15) is 0 Å². The fourth-order valence-corrected chi connectivity index (χ4v) is 4.80. The summed E-state index contributed by atoms with van der Waals surface area (Å²) in [5, 5.41) is 4.70. The molecule has 1 aliphatic rings. The smallest absolute Gasteiger partial charge is 0.251 e. The van der Waals surface area contributed by atoms with Gasteiger partial charge >= 0.3 is 0 Å². The monoisotopic (exact) mass is 443 g/mol. The molecule has 1 saturated heterocycles. The molecule has 1 amide bonds. The van der Waals surface area contributed by atoms with Crippen LogP contribution in [-0.4, -0.2) is 28.9 Å². The fraction of sp³-hybridized carbons (Fsp3) is 0.304. The lowest BCUT2D eigenvalue weighted by Crippen LogP contribution is -2.32. The van der Waals surface area contributed by atoms with Crippen molar-refractivity contribution in [1.29, 1.82) is 0 Å². The third kappa shape index (κ3) is 5.45. The van der Waals surface area contributed by atoms with E-state index in [4.69, 9.17) is 11.6 Å². The molecule has 0 atom stereocenters. The standard InChI is InChI=1S/C23H23ClFN3OS/c24-19-5-3-17(4-6-19)22(29)26-13-21-14-27-23(30-21)18-9-11-28(12-10-18)15-16-1-7-20(25)8-2-16/h1-8,14,18H,9-13,15H2,(H,26,29). The summed E-state index contributed by atoms with van der Waals surface area (Å²) in [6.45, 7) is 3.34. The first kappa shape index (κ1) is 21.0. The van der Waals surface area contributed by atoms with E-state index in [-0.39, 0.29) is 11.7 Å². The minimum absolute atomic E-state index is 0.115. The summed E-state index contributed by atoms with van der Waals surface area (Å²) in [5.41, 5.74) is 1.74. The summed E-state index contributed by atoms with van der Waals surface area (Å²) >= 11 is 7.54. The second-order valence-electron chi connectivity index (χ2n) is 7.53. The summed E-state index contributed by atoms with van der Waals surface area (Å²) in [6, 6.07) is 13.6. The molecule has 1 fully saturated rings. The largest absolute Gasteiger partial charge is 0.347 e. The second-order valence-corrected chi connectivity index (χ2v) is 9.11. The Balaban J connectivity index is 1.25. The average molecular weight is 444 g/mol. The van der Waals surface area contributed by atoms with E-state index < -0.39 is 0 Å². The van der Waals surface area contributed by atoms with Crippen LogP contribution in [0.1, 0.15) is 44.6 Å². The lowest BCUT2D eigenvalue weighted by Gasteiger charge is -2.31. The van der Waals surface area contributed by atoms with Crippen LogP contribution in [0.2, 0.25) is 5.02 Å². The molecule has 30 heavy (non-hydrogen) atoms. The molecule has 3 aromatic rings. The van der Waals surface area contributed by atoms with Crippen molar-refractivity contribution in [2.45, 2.75) is 31.8 Å². The first-order valence-electron chi connectivity index (χ1n) is 10.0. The highest BCUT2D eigenvalue weighted by atomic mass is 35.5. The van der Waals surface area contributed by atoms with Crippen molar-refractivity contribution in [1.82, 2.24) is 15.2 Å². The van der Waals surface area contributed by atoms with E-state index in [2.05, 4.69) is 15.2 Å². The van der Waals surface area contributed by atoms with Crippen LogP contribution in [0.25, 0.3) is 0 Å². The van der Waals surface area contributed by atoms with E-state index in [1.54, 1.807) is 35.6 Å². The van der Waals surface area contributed by atoms with Crippen molar-refractivity contribution in [2.24, 2.45) is 0 Å². The number of aromatic nitrogens is 1. The maximum atomic E-state index is 13.1. The third-order valence-corrected chi connectivity index (χ3v) is 6.77. The van der Waals surface area contributed by atoms with E-state index in [1.807, 2.05) is 18.3 Å². The minimum atomic E-state index is -0.193. The molecule has 4 rings (SSSR count). The molecule has 4 nitrogen and oxygen atoms in total. The molecule has 156 valence electrons. The van der Waals surface area contributed by atoms with Crippen molar-refractivity contribution in [2.75, 3.05) is 13.1 Å². The molecular weight excluding hydrogens is 421 g/mol. The molecule has 0 spiro atoms. The van der Waals surface area contributed by atoms with Gasteiger partial charge in [0, 0.05) is 34.1 Å². The fourth-order valence-electron chi connectivity index (χ4n) is 3.65. The number of piperidine rings is 1. The number of thiazole rings is 1. The average Bonchev–Trinajstić information content (AvgIpc) is 3.24. The van der Waals surface area contributed by atoms with Gasteiger partial charge in [0.05, 0.1) is 11.6 Å². The van der Waals surface area contributed by atoms with Gasteiger partial charge in [0.1, 0.15) is 5.82 Å². The molecule has 0 bridgehead atoms. The number of nitrogens with zero attached hydrogens (tertiary/aromatic N) is 2. The number of likely N-dealkylation sites (tertiary alicyclic amines) is 1. The van der Waals surface area contributed by atoms with Gasteiger partial charge in [-0.3, -0.25) is 9.69 Å². The van der Waals surface area contributed by atoms with Gasteiger partial charge in [-0.15, -0.1) is 11.3 Å². The van der Waals surface area contributed by atoms with Crippen LogP contribution >= 0.6 is 22.9 Å². The zero-order chi connectivity index (χ0) is 20.9. The predicted octanol–water partition coefficient (Wildman–Crippen LogP) is 5.25. The Morgan fingerprint density at radius 1 is 1.13 bits per heavy atom. The number of hydrogen-bond donors (Lipinski definition) is 1. The number of hydrogen-bond acceptors (Lipinski definition) is 4. The van der Waals surface area contributed by atoms with E-state index in [1.165, 1.54) is 12.1 Å². The molecule has 1 N–H and O–H groups in total. The van der Waals surface area contributed by atoms with Gasteiger partial charge in [0.2, 0.25) is 0 Å². The number of carbonyl (C=O) groups is 1. The van der Waals surface area contributed by atoms with E-state index in [9.17, 15) is 9.18 Å². The zero-order valence-electron chi connectivity index (χ0n) is 16.5. The number of rotatable bonds is 6. The summed E-state index contributed by atoms with van der Waals surface area (Å²) in [4.78, 5) is 20.3. The molecule has 0 aliphatic carbocycles. The van der Waals surface area contributed by atoms with Gasteiger partial charge in [-0.05, 0) is 67.9 Å². The summed E-state index contributed by atoms with van der Waals surface area (Å²) < 4.78 is 13.1. The SMILES string of the molecule is O=C(NCc1cnc(C2CCN(Cc3ccc(F)cc3)CC2)s1)c1ccc(Cl)cc1. The zero-order valence-corrected chi connectivity index (χ0v) is 18.1. The lowest BCUT2D eigenvalue weighted by atomic mass is 9.97. The van der Waals surface area contributed by atoms with Crippen molar-refractivity contribution in [3.05, 3.63) is 86.6 Å². The number of nitrogens with one attached hydrogen (secondary N) is 1. The highest BCUT2D eigenvalue weighted by Crippen LogP contribution is 2.31. The van der Waals surface area contributed by atoms with E-state index in [0.29, 0.717) is 23.0 Å². The number of benzene rings is 2. The molecule has 0 radical (unpaired) electrons. The van der Waals surface area contributed by atoms with Crippen molar-refractivity contribution >= 4 is 28.8 Å². The maximum Gasteiger partial charge on any atom is 0.251 e. The molecule has 1 aromatic heterocycles. The Hall–Kier alpha value is -2.28. The maximum absolute atomic E-state index is 13.1. The number of amides is 1. The van der Waals surface area contributed by atoms with Crippen LogP contribution in [-0.2, 0) is 13.1 Å². The summed E-state index contributed by atoms with van der Waals surface area (Å²) in [6.07, 6.45) is 3.99. The van der Waals surface area contributed by atoms with Crippen molar-refractivity contribution in [3.8, 4) is 0 Å². The summed E-state index contributed by atoms with van der Waals surface area (Å²) in [5.74, 6) is 0.150. The Labute approximate surface area is 184 Å². The molecule has 0 unspecified atom stereocenters. The van der Waals surface area contributed by atoms with Crippen LogP contribution < -0.4 is 5.32 Å². The van der Waals surface area contributed by atoms with Crippen molar-refractivity contribution < 1.29 is 9.18 Å². The van der Waals surface area contributed by atoms with Crippen LogP contribution in [0.5, 0.6) is 0 Å². The summed E-state index contributed by atoms with van der Waals surface area (Å²) in [7, 11) is 0. The Bertz CT molecular complexity index is 982. The van der Waals surface area contributed by atoms with E-state index >= 15 is 0 Å². The first-order valence-corrected chi connectivity index (χ1v) is 11.2. The van der Waals surface area contributed by atoms with Gasteiger partial charge in [0.25, 0.3) is 5.91 Å². The molecule has 7 heteroatoms. The molecule has 2 heterocycles. The van der Waals surface area contributed by atoms with Crippen molar-refractivity contribution in [3.63, 3.8) is 0 Å². The third-order valence-electron chi connectivity index (χ3n) is 5.36. The van der Waals surface area contributed by atoms with Gasteiger partial charge in [-0.25, -0.2) is 9.37 Å².